The molecule has 0 aliphatic carbocycles. The predicted molar refractivity (Wildman–Crippen MR) is 85.7 cm³/mol. The quantitative estimate of drug-likeness (QED) is 0.571. The number of carboxylic acid groups (broad SMARTS) is 1. The van der Waals surface area contributed by atoms with Crippen LogP contribution in [0.25, 0.3) is 0 Å². The monoisotopic (exact) mass is 415 g/mol. The highest BCUT2D eigenvalue weighted by Crippen LogP contribution is 2.35. The van der Waals surface area contributed by atoms with E-state index in [-0.39, 0.29) is 5.56 Å². The highest BCUT2D eigenvalue weighted by atomic mass is 127. The zero-order chi connectivity index (χ0) is 14.8. The molecule has 0 aliphatic heterocycles. The van der Waals surface area contributed by atoms with Crippen molar-refractivity contribution < 1.29 is 18.3 Å². The summed E-state index contributed by atoms with van der Waals surface area (Å²) in [6.07, 6.45) is 3.40. The number of thioether (sulfide) groups is 1. The van der Waals surface area contributed by atoms with Crippen LogP contribution in [0.1, 0.15) is 22.8 Å². The van der Waals surface area contributed by atoms with Gasteiger partial charge in [0, 0.05) is 8.47 Å². The van der Waals surface area contributed by atoms with Crippen LogP contribution in [0.5, 0.6) is 0 Å². The van der Waals surface area contributed by atoms with Crippen molar-refractivity contribution in [1.82, 2.24) is 0 Å². The first kappa shape index (κ1) is 16.6. The Morgan fingerprint density at radius 1 is 1.53 bits per heavy atom. The minimum atomic E-state index is -3.40. The van der Waals surface area contributed by atoms with Crippen LogP contribution in [0.4, 0.5) is 5.69 Å². The third-order valence-corrected chi connectivity index (χ3v) is 4.71. The molecule has 0 aliphatic rings. The summed E-state index contributed by atoms with van der Waals surface area (Å²) in [5.74, 6) is -1.01. The predicted octanol–water partition coefficient (Wildman–Crippen LogP) is 2.65. The van der Waals surface area contributed by atoms with E-state index in [4.69, 9.17) is 0 Å². The molecule has 0 atom stereocenters. The lowest BCUT2D eigenvalue weighted by Gasteiger charge is -2.17. The van der Waals surface area contributed by atoms with Gasteiger partial charge >= 0.3 is 5.97 Å². The van der Waals surface area contributed by atoms with Crippen LogP contribution in [0.15, 0.2) is 11.0 Å². The molecule has 2 N–H and O–H groups in total. The third kappa shape index (κ3) is 3.99. The normalized spacial score (nSPS) is 11.4. The Hall–Kier alpha value is -0.480. The molecule has 0 heterocycles. The van der Waals surface area contributed by atoms with E-state index in [0.29, 0.717) is 26.1 Å². The first-order chi connectivity index (χ1) is 8.71. The van der Waals surface area contributed by atoms with Gasteiger partial charge in [-0.1, -0.05) is 6.92 Å². The molecule has 5 nitrogen and oxygen atoms in total. The van der Waals surface area contributed by atoms with Gasteiger partial charge in [0.15, 0.2) is 0 Å². The second-order valence-corrected chi connectivity index (χ2v) is 7.55. The molecule has 0 spiro atoms. The van der Waals surface area contributed by atoms with Crippen molar-refractivity contribution in [3.05, 3.63) is 20.8 Å². The number of sulfonamides is 1. The first-order valence-electron chi connectivity index (χ1n) is 5.31. The molecule has 106 valence electrons. The van der Waals surface area contributed by atoms with Crippen LogP contribution < -0.4 is 4.72 Å². The summed E-state index contributed by atoms with van der Waals surface area (Å²) in [6, 6.07) is 1.49. The second-order valence-electron chi connectivity index (χ2n) is 3.83. The molecule has 0 unspecified atom stereocenters. The number of rotatable bonds is 5. The summed E-state index contributed by atoms with van der Waals surface area (Å²) >= 11 is 3.25. The maximum Gasteiger partial charge on any atom is 0.336 e. The molecular formula is C11H14INO4S2. The fourth-order valence-electron chi connectivity index (χ4n) is 1.71. The number of anilines is 1. The lowest BCUT2D eigenvalue weighted by Crippen LogP contribution is -2.14. The van der Waals surface area contributed by atoms with E-state index in [0.717, 1.165) is 6.26 Å². The highest BCUT2D eigenvalue weighted by molar-refractivity contribution is 14.1. The van der Waals surface area contributed by atoms with Crippen molar-refractivity contribution in [1.29, 1.82) is 0 Å². The summed E-state index contributed by atoms with van der Waals surface area (Å²) in [5.41, 5.74) is 1.38. The number of aromatic carboxylic acids is 1. The summed E-state index contributed by atoms with van der Waals surface area (Å²) in [5, 5.41) is 9.21. The van der Waals surface area contributed by atoms with E-state index in [9.17, 15) is 18.3 Å². The lowest BCUT2D eigenvalue weighted by atomic mass is 10.1. The molecule has 0 saturated carbocycles. The van der Waals surface area contributed by atoms with E-state index in [1.165, 1.54) is 17.8 Å². The minimum Gasteiger partial charge on any atom is -0.478 e. The zero-order valence-corrected chi connectivity index (χ0v) is 14.4. The largest absolute Gasteiger partial charge is 0.478 e. The third-order valence-electron chi connectivity index (χ3n) is 2.41. The van der Waals surface area contributed by atoms with Crippen LogP contribution in [0.3, 0.4) is 0 Å². The fraction of sp³-hybridized carbons (Fsp3) is 0.364. The molecular weight excluding hydrogens is 401 g/mol. The molecule has 19 heavy (non-hydrogen) atoms. The van der Waals surface area contributed by atoms with Gasteiger partial charge in [-0.05, 0) is 46.9 Å². The molecule has 1 aromatic carbocycles. The average Bonchev–Trinajstić information content (AvgIpc) is 2.28. The molecule has 1 aromatic rings. The number of halogens is 1. The number of hydrogen-bond acceptors (Lipinski definition) is 4. The Morgan fingerprint density at radius 2 is 2.11 bits per heavy atom. The average molecular weight is 415 g/mol. The minimum absolute atomic E-state index is 0.202. The van der Waals surface area contributed by atoms with Gasteiger partial charge in [-0.2, -0.15) is 0 Å². The molecule has 0 bridgehead atoms. The number of benzene rings is 1. The first-order valence-corrected chi connectivity index (χ1v) is 9.51. The van der Waals surface area contributed by atoms with Gasteiger partial charge in [0.1, 0.15) is 0 Å². The molecule has 0 radical (unpaired) electrons. The Kier molecular flexibility index (Phi) is 5.51. The van der Waals surface area contributed by atoms with Crippen molar-refractivity contribution in [3.63, 3.8) is 0 Å². The van der Waals surface area contributed by atoms with Gasteiger partial charge in [0.25, 0.3) is 0 Å². The molecule has 0 fully saturated rings. The summed E-state index contributed by atoms with van der Waals surface area (Å²) in [7, 11) is -3.40. The maximum absolute atomic E-state index is 11.4. The van der Waals surface area contributed by atoms with Crippen molar-refractivity contribution in [2.24, 2.45) is 0 Å². The van der Waals surface area contributed by atoms with Gasteiger partial charge in [-0.3, -0.25) is 4.72 Å². The summed E-state index contributed by atoms with van der Waals surface area (Å²) in [6.45, 7) is 1.87. The molecule has 0 saturated heterocycles. The number of carbonyl (C=O) groups is 1. The van der Waals surface area contributed by atoms with Gasteiger partial charge in [-0.25, -0.2) is 13.2 Å². The Morgan fingerprint density at radius 3 is 2.47 bits per heavy atom. The van der Waals surface area contributed by atoms with Crippen LogP contribution in [0.2, 0.25) is 0 Å². The molecule has 1 rings (SSSR count). The van der Waals surface area contributed by atoms with E-state index in [1.807, 2.05) is 29.5 Å². The van der Waals surface area contributed by atoms with Gasteiger partial charge in [0.2, 0.25) is 10.0 Å². The molecule has 0 aromatic heterocycles. The molecule has 8 heteroatoms. The standard InChI is InChI=1S/C11H14INO4S2/c1-4-6-9(13-19(3,16)17)8(12)5-7(11(14)15)10(6)18-2/h5,13H,4H2,1-3H3,(H,14,15). The van der Waals surface area contributed by atoms with Crippen LogP contribution in [0, 0.1) is 3.57 Å². The number of hydrogen-bond donors (Lipinski definition) is 2. The van der Waals surface area contributed by atoms with Crippen LogP contribution in [-0.4, -0.2) is 32.0 Å². The van der Waals surface area contributed by atoms with E-state index >= 15 is 0 Å². The summed E-state index contributed by atoms with van der Waals surface area (Å²) < 4.78 is 25.9. The molecule has 0 amide bonds. The van der Waals surface area contributed by atoms with Crippen molar-refractivity contribution >= 4 is 56.0 Å². The lowest BCUT2D eigenvalue weighted by molar-refractivity contribution is 0.0693. The highest BCUT2D eigenvalue weighted by Gasteiger charge is 2.20. The van der Waals surface area contributed by atoms with Gasteiger partial charge in [-0.15, -0.1) is 11.8 Å². The van der Waals surface area contributed by atoms with Gasteiger partial charge in [0.05, 0.1) is 17.5 Å². The summed E-state index contributed by atoms with van der Waals surface area (Å²) in [4.78, 5) is 11.8. The van der Waals surface area contributed by atoms with E-state index in [1.54, 1.807) is 6.26 Å². The topological polar surface area (TPSA) is 83.5 Å². The van der Waals surface area contributed by atoms with Crippen molar-refractivity contribution in [2.45, 2.75) is 18.2 Å². The fourth-order valence-corrected chi connectivity index (χ4v) is 4.13. The van der Waals surface area contributed by atoms with E-state index in [2.05, 4.69) is 4.72 Å². The van der Waals surface area contributed by atoms with Crippen molar-refractivity contribution in [2.75, 3.05) is 17.2 Å². The van der Waals surface area contributed by atoms with E-state index < -0.39 is 16.0 Å². The maximum atomic E-state index is 11.4. The van der Waals surface area contributed by atoms with Crippen LogP contribution in [-0.2, 0) is 16.4 Å². The Labute approximate surface area is 130 Å². The SMILES string of the molecule is CCc1c(NS(C)(=O)=O)c(I)cc(C(=O)O)c1SC. The Bertz CT molecular complexity index is 614. The Balaban J connectivity index is 3.61. The number of nitrogens with one attached hydrogen (secondary N) is 1. The number of carboxylic acids is 1. The van der Waals surface area contributed by atoms with Crippen molar-refractivity contribution in [3.8, 4) is 0 Å². The zero-order valence-electron chi connectivity index (χ0n) is 10.7. The second kappa shape index (κ2) is 6.31. The van der Waals surface area contributed by atoms with Crippen LogP contribution >= 0.6 is 34.4 Å². The smallest absolute Gasteiger partial charge is 0.336 e. The van der Waals surface area contributed by atoms with Gasteiger partial charge < -0.3 is 5.11 Å².